The van der Waals surface area contributed by atoms with Crippen LogP contribution in [0.3, 0.4) is 0 Å². The van der Waals surface area contributed by atoms with Crippen molar-refractivity contribution in [2.24, 2.45) is 5.92 Å². The molecule has 0 aliphatic carbocycles. The maximum absolute atomic E-state index is 9.90. The second-order valence-electron chi connectivity index (χ2n) is 4.92. The summed E-state index contributed by atoms with van der Waals surface area (Å²) in [4.78, 5) is 2.16. The zero-order valence-corrected chi connectivity index (χ0v) is 9.53. The Bertz CT molecular complexity index is 182. The molecule has 1 aliphatic rings. The summed E-state index contributed by atoms with van der Waals surface area (Å²) >= 11 is 0. The van der Waals surface area contributed by atoms with Crippen LogP contribution in [0.1, 0.15) is 33.6 Å². The summed E-state index contributed by atoms with van der Waals surface area (Å²) in [5.74, 6) is 0.401. The number of aliphatic hydroxyl groups excluding tert-OH is 1. The highest BCUT2D eigenvalue weighted by Gasteiger charge is 2.28. The van der Waals surface area contributed by atoms with Crippen molar-refractivity contribution in [3.8, 4) is 0 Å². The van der Waals surface area contributed by atoms with E-state index in [0.717, 1.165) is 19.4 Å². The highest BCUT2D eigenvalue weighted by molar-refractivity contribution is 4.82. The Balaban J connectivity index is 2.40. The van der Waals surface area contributed by atoms with Crippen LogP contribution in [-0.2, 0) is 0 Å². The van der Waals surface area contributed by atoms with Crippen LogP contribution < -0.4 is 0 Å². The molecule has 1 rings (SSSR count). The van der Waals surface area contributed by atoms with Gasteiger partial charge in [-0.15, -0.1) is 0 Å². The maximum Gasteiger partial charge on any atom is 0.0743 e. The first-order valence-corrected chi connectivity index (χ1v) is 5.57. The van der Waals surface area contributed by atoms with Crippen molar-refractivity contribution in [1.82, 2.24) is 4.90 Å². The minimum atomic E-state index is -0.611. The van der Waals surface area contributed by atoms with Gasteiger partial charge in [0.1, 0.15) is 0 Å². The maximum atomic E-state index is 9.90. The van der Waals surface area contributed by atoms with E-state index >= 15 is 0 Å². The number of hydrogen-bond acceptors (Lipinski definition) is 3. The van der Waals surface area contributed by atoms with E-state index in [1.165, 1.54) is 0 Å². The van der Waals surface area contributed by atoms with Crippen molar-refractivity contribution in [2.45, 2.75) is 45.3 Å². The zero-order chi connectivity index (χ0) is 10.8. The second kappa shape index (κ2) is 4.60. The molecule has 0 aromatic carbocycles. The number of aliphatic hydroxyl groups is 2. The van der Waals surface area contributed by atoms with Gasteiger partial charge in [-0.2, -0.15) is 0 Å². The van der Waals surface area contributed by atoms with Crippen LogP contribution in [-0.4, -0.2) is 46.5 Å². The minimum Gasteiger partial charge on any atom is -0.392 e. The summed E-state index contributed by atoms with van der Waals surface area (Å²) in [7, 11) is 0. The molecule has 14 heavy (non-hydrogen) atoms. The number of likely N-dealkylation sites (tertiary alicyclic amines) is 1. The molecule has 3 atom stereocenters. The highest BCUT2D eigenvalue weighted by Crippen LogP contribution is 2.19. The molecular weight excluding hydrogens is 178 g/mol. The van der Waals surface area contributed by atoms with Crippen molar-refractivity contribution in [3.05, 3.63) is 0 Å². The van der Waals surface area contributed by atoms with Crippen LogP contribution in [0.5, 0.6) is 0 Å². The van der Waals surface area contributed by atoms with Gasteiger partial charge in [-0.1, -0.05) is 13.8 Å². The first-order valence-electron chi connectivity index (χ1n) is 5.57. The molecule has 1 heterocycles. The second-order valence-corrected chi connectivity index (χ2v) is 4.92. The van der Waals surface area contributed by atoms with Crippen molar-refractivity contribution in [3.63, 3.8) is 0 Å². The molecule has 0 bridgehead atoms. The summed E-state index contributed by atoms with van der Waals surface area (Å²) in [6.45, 7) is 8.30. The topological polar surface area (TPSA) is 43.7 Å². The SMILES string of the molecule is CCC(C)(O)CN1CCC(C)C(O)C1. The summed E-state index contributed by atoms with van der Waals surface area (Å²) in [6.07, 6.45) is 1.56. The number of hydrogen-bond donors (Lipinski definition) is 2. The van der Waals surface area contributed by atoms with Crippen molar-refractivity contribution >= 4 is 0 Å². The van der Waals surface area contributed by atoms with Crippen molar-refractivity contribution in [1.29, 1.82) is 0 Å². The summed E-state index contributed by atoms with van der Waals surface area (Å²) in [5.41, 5.74) is -0.611. The Labute approximate surface area is 86.7 Å². The summed E-state index contributed by atoms with van der Waals surface area (Å²) in [5, 5.41) is 19.6. The third-order valence-electron chi connectivity index (χ3n) is 3.33. The van der Waals surface area contributed by atoms with Crippen molar-refractivity contribution < 1.29 is 10.2 Å². The zero-order valence-electron chi connectivity index (χ0n) is 9.53. The minimum absolute atomic E-state index is 0.226. The smallest absolute Gasteiger partial charge is 0.0743 e. The first-order chi connectivity index (χ1) is 6.44. The number of nitrogens with zero attached hydrogens (tertiary/aromatic N) is 1. The van der Waals surface area contributed by atoms with Gasteiger partial charge in [0.15, 0.2) is 0 Å². The third kappa shape index (κ3) is 3.23. The van der Waals surface area contributed by atoms with E-state index < -0.39 is 5.60 Å². The van der Waals surface area contributed by atoms with Crippen molar-refractivity contribution in [2.75, 3.05) is 19.6 Å². The Kier molecular flexibility index (Phi) is 3.93. The highest BCUT2D eigenvalue weighted by atomic mass is 16.3. The average Bonchev–Trinajstić information content (AvgIpc) is 2.11. The normalized spacial score (nSPS) is 34.1. The summed E-state index contributed by atoms with van der Waals surface area (Å²) in [6, 6.07) is 0. The van der Waals surface area contributed by atoms with E-state index in [1.54, 1.807) is 0 Å². The first kappa shape index (κ1) is 12.0. The molecule has 3 nitrogen and oxygen atoms in total. The quantitative estimate of drug-likeness (QED) is 0.711. The number of rotatable bonds is 3. The fourth-order valence-electron chi connectivity index (χ4n) is 1.85. The Morgan fingerprint density at radius 1 is 1.50 bits per heavy atom. The van der Waals surface area contributed by atoms with Gasteiger partial charge in [0, 0.05) is 13.1 Å². The molecule has 0 amide bonds. The van der Waals surface area contributed by atoms with E-state index in [1.807, 2.05) is 13.8 Å². The third-order valence-corrected chi connectivity index (χ3v) is 3.33. The Morgan fingerprint density at radius 2 is 2.14 bits per heavy atom. The lowest BCUT2D eigenvalue weighted by Gasteiger charge is -2.38. The van der Waals surface area contributed by atoms with Crippen LogP contribution in [0.15, 0.2) is 0 Å². The number of piperidine rings is 1. The molecule has 3 heteroatoms. The van der Waals surface area contributed by atoms with Gasteiger partial charge in [0.05, 0.1) is 11.7 Å². The molecule has 0 aromatic rings. The Hall–Kier alpha value is -0.120. The molecule has 1 aliphatic heterocycles. The molecule has 84 valence electrons. The molecule has 0 saturated carbocycles. The van der Waals surface area contributed by atoms with Gasteiger partial charge in [0.25, 0.3) is 0 Å². The van der Waals surface area contributed by atoms with Gasteiger partial charge < -0.3 is 10.2 Å². The standard InChI is InChI=1S/C11H23NO2/c1-4-11(3,14)8-12-6-5-9(2)10(13)7-12/h9-10,13-14H,4-8H2,1-3H3. The fourth-order valence-corrected chi connectivity index (χ4v) is 1.85. The molecule has 1 fully saturated rings. The van der Waals surface area contributed by atoms with E-state index in [9.17, 15) is 10.2 Å². The van der Waals surface area contributed by atoms with Gasteiger partial charge in [-0.3, -0.25) is 4.90 Å². The van der Waals surface area contributed by atoms with Crippen LogP contribution in [0.4, 0.5) is 0 Å². The summed E-state index contributed by atoms with van der Waals surface area (Å²) < 4.78 is 0. The monoisotopic (exact) mass is 201 g/mol. The van der Waals surface area contributed by atoms with Crippen LogP contribution >= 0.6 is 0 Å². The van der Waals surface area contributed by atoms with Crippen LogP contribution in [0.2, 0.25) is 0 Å². The van der Waals surface area contributed by atoms with E-state index in [2.05, 4.69) is 11.8 Å². The van der Waals surface area contributed by atoms with Crippen LogP contribution in [0.25, 0.3) is 0 Å². The molecule has 3 unspecified atom stereocenters. The van der Waals surface area contributed by atoms with Gasteiger partial charge in [-0.25, -0.2) is 0 Å². The lowest BCUT2D eigenvalue weighted by Crippen LogP contribution is -2.48. The average molecular weight is 201 g/mol. The van der Waals surface area contributed by atoms with Crippen LogP contribution in [0, 0.1) is 5.92 Å². The molecule has 2 N–H and O–H groups in total. The van der Waals surface area contributed by atoms with E-state index in [4.69, 9.17) is 0 Å². The molecular formula is C11H23NO2. The lowest BCUT2D eigenvalue weighted by atomic mass is 9.94. The molecule has 0 aromatic heterocycles. The van der Waals surface area contributed by atoms with Gasteiger partial charge in [-0.05, 0) is 32.2 Å². The number of β-amino-alcohol motifs (C(OH)–C–C–N with tert-alkyl or cyclic N) is 2. The van der Waals surface area contributed by atoms with Gasteiger partial charge in [0.2, 0.25) is 0 Å². The fraction of sp³-hybridized carbons (Fsp3) is 1.00. The molecule has 1 saturated heterocycles. The predicted molar refractivity (Wildman–Crippen MR) is 57.1 cm³/mol. The molecule has 0 spiro atoms. The largest absolute Gasteiger partial charge is 0.392 e. The molecule has 0 radical (unpaired) electrons. The van der Waals surface area contributed by atoms with Gasteiger partial charge >= 0.3 is 0 Å². The Morgan fingerprint density at radius 3 is 2.64 bits per heavy atom. The lowest BCUT2D eigenvalue weighted by molar-refractivity contribution is -0.0267. The van der Waals surface area contributed by atoms with E-state index in [-0.39, 0.29) is 6.10 Å². The van der Waals surface area contributed by atoms with E-state index in [0.29, 0.717) is 19.0 Å². The predicted octanol–water partition coefficient (Wildman–Crippen LogP) is 0.850.